The number of Topliss-reactive ketones (excluding diaryl/α,β-unsaturated/α-hetero) is 1. The van der Waals surface area contributed by atoms with Gasteiger partial charge in [0.25, 0.3) is 5.91 Å². The van der Waals surface area contributed by atoms with Crippen molar-refractivity contribution in [1.29, 1.82) is 0 Å². The molecule has 1 saturated heterocycles. The summed E-state index contributed by atoms with van der Waals surface area (Å²) < 4.78 is 0. The molecule has 3 unspecified atom stereocenters. The SMILES string of the molecule is CN(C(=O)[C@H](NC(=O)C(C)(C)C)C1CCCC1)[C@@H](CC1CC2CCC21)C(=O)N[C@@H](C[C@@H]1CCCNC1=O)C(=O)C(=O)NC1CCCC1. The number of piperidine rings is 1. The van der Waals surface area contributed by atoms with Crippen LogP contribution in [0.15, 0.2) is 0 Å². The van der Waals surface area contributed by atoms with Crippen LogP contribution in [0.1, 0.15) is 117 Å². The molecule has 4 saturated carbocycles. The minimum Gasteiger partial charge on any atom is -0.356 e. The summed E-state index contributed by atoms with van der Waals surface area (Å²) in [5.74, 6) is -1.66. The average Bonchev–Trinajstić information content (AvgIpc) is 3.74. The van der Waals surface area contributed by atoms with Gasteiger partial charge in [-0.3, -0.25) is 28.8 Å². The maximum absolute atomic E-state index is 14.3. The third-order valence-electron chi connectivity index (χ3n) is 11.9. The van der Waals surface area contributed by atoms with E-state index in [-0.39, 0.29) is 42.0 Å². The summed E-state index contributed by atoms with van der Waals surface area (Å²) in [4.78, 5) is 82.8. The molecule has 11 nitrogen and oxygen atoms in total. The van der Waals surface area contributed by atoms with Gasteiger partial charge in [0.05, 0.1) is 6.04 Å². The molecule has 4 N–H and O–H groups in total. The van der Waals surface area contributed by atoms with Gasteiger partial charge in [0, 0.05) is 31.0 Å². The second-order valence-corrected chi connectivity index (χ2v) is 16.2. The molecule has 0 aromatic rings. The standard InChI is InChI=1S/C36H57N5O6/c1-36(2,3)35(47)40-29(21-10-5-6-11-21)34(46)41(4)28(20-24-18-22-15-16-26(22)24)32(44)39-27(19-23-12-9-17-37-31(23)43)30(42)33(45)38-25-13-7-8-14-25/h21-29H,5-20H2,1-4H3,(H,37,43)(H,38,45)(H,39,44)(H,40,47)/t22?,23-,24?,26?,27-,28-,29+/m0/s1. The first-order chi connectivity index (χ1) is 22.3. The van der Waals surface area contributed by atoms with Gasteiger partial charge in [0.2, 0.25) is 29.4 Å². The van der Waals surface area contributed by atoms with Crippen molar-refractivity contribution < 1.29 is 28.8 Å². The van der Waals surface area contributed by atoms with Gasteiger partial charge < -0.3 is 26.2 Å². The molecule has 47 heavy (non-hydrogen) atoms. The number of carbonyl (C=O) groups is 6. The molecule has 0 spiro atoms. The summed E-state index contributed by atoms with van der Waals surface area (Å²) >= 11 is 0. The van der Waals surface area contributed by atoms with E-state index in [0.29, 0.717) is 31.2 Å². The molecule has 7 atom stereocenters. The van der Waals surface area contributed by atoms with Crippen LogP contribution in [0.25, 0.3) is 0 Å². The van der Waals surface area contributed by atoms with Gasteiger partial charge in [0.1, 0.15) is 12.1 Å². The van der Waals surface area contributed by atoms with E-state index in [9.17, 15) is 28.8 Å². The molecule has 0 aromatic heterocycles. The minimum atomic E-state index is -1.19. The quantitative estimate of drug-likeness (QED) is 0.224. The van der Waals surface area contributed by atoms with Crippen molar-refractivity contribution in [3.63, 3.8) is 0 Å². The van der Waals surface area contributed by atoms with Gasteiger partial charge in [-0.2, -0.15) is 0 Å². The second-order valence-electron chi connectivity index (χ2n) is 16.2. The Kier molecular flexibility index (Phi) is 11.3. The van der Waals surface area contributed by atoms with Crippen molar-refractivity contribution in [3.05, 3.63) is 0 Å². The molecule has 11 heteroatoms. The van der Waals surface area contributed by atoms with Crippen molar-refractivity contribution in [2.75, 3.05) is 13.6 Å². The Morgan fingerprint density at radius 3 is 2.13 bits per heavy atom. The number of carbonyl (C=O) groups excluding carboxylic acids is 6. The van der Waals surface area contributed by atoms with Crippen molar-refractivity contribution in [2.45, 2.75) is 141 Å². The zero-order valence-corrected chi connectivity index (χ0v) is 28.9. The highest BCUT2D eigenvalue weighted by Crippen LogP contribution is 2.56. The summed E-state index contributed by atoms with van der Waals surface area (Å²) in [7, 11) is 1.63. The number of ketones is 1. The van der Waals surface area contributed by atoms with E-state index in [1.807, 2.05) is 20.8 Å². The Labute approximate surface area is 279 Å². The minimum absolute atomic E-state index is 0.0156. The molecule has 0 aromatic carbocycles. The highest BCUT2D eigenvalue weighted by molar-refractivity contribution is 6.38. The van der Waals surface area contributed by atoms with Crippen LogP contribution in [-0.2, 0) is 28.8 Å². The van der Waals surface area contributed by atoms with E-state index in [1.54, 1.807) is 7.05 Å². The van der Waals surface area contributed by atoms with E-state index in [1.165, 1.54) is 11.3 Å². The normalized spacial score (nSPS) is 28.0. The Hall–Kier alpha value is -2.98. The van der Waals surface area contributed by atoms with Gasteiger partial charge in [-0.15, -0.1) is 0 Å². The third kappa shape index (κ3) is 8.37. The summed E-state index contributed by atoms with van der Waals surface area (Å²) in [6.45, 7) is 6.01. The zero-order chi connectivity index (χ0) is 33.9. The number of fused-ring (bicyclic) bond motifs is 1. The van der Waals surface area contributed by atoms with E-state index in [4.69, 9.17) is 0 Å². The molecule has 4 aliphatic carbocycles. The molecule has 5 amide bonds. The molecule has 0 bridgehead atoms. The maximum Gasteiger partial charge on any atom is 0.289 e. The summed E-state index contributed by atoms with van der Waals surface area (Å²) in [5, 5.41) is 11.6. The van der Waals surface area contributed by atoms with Gasteiger partial charge in [-0.1, -0.05) is 46.5 Å². The molecule has 262 valence electrons. The fourth-order valence-corrected chi connectivity index (χ4v) is 8.61. The maximum atomic E-state index is 14.3. The average molecular weight is 656 g/mol. The van der Waals surface area contributed by atoms with E-state index >= 15 is 0 Å². The van der Waals surface area contributed by atoms with Crippen LogP contribution in [0.5, 0.6) is 0 Å². The second kappa shape index (κ2) is 15.1. The molecule has 1 heterocycles. The topological polar surface area (TPSA) is 154 Å². The largest absolute Gasteiger partial charge is 0.356 e. The number of hydrogen-bond acceptors (Lipinski definition) is 6. The lowest BCUT2D eigenvalue weighted by Crippen LogP contribution is -2.60. The van der Waals surface area contributed by atoms with E-state index < -0.39 is 47.1 Å². The fraction of sp³-hybridized carbons (Fsp3) is 0.833. The van der Waals surface area contributed by atoms with E-state index in [0.717, 1.165) is 70.6 Å². The van der Waals surface area contributed by atoms with Crippen LogP contribution < -0.4 is 21.3 Å². The number of hydrogen-bond donors (Lipinski definition) is 4. The van der Waals surface area contributed by atoms with Crippen molar-refractivity contribution in [1.82, 2.24) is 26.2 Å². The first kappa shape index (κ1) is 35.3. The lowest BCUT2D eigenvalue weighted by molar-refractivity contribution is -0.147. The molecular formula is C36H57N5O6. The zero-order valence-electron chi connectivity index (χ0n) is 28.9. The number of amides is 5. The summed E-state index contributed by atoms with van der Waals surface area (Å²) in [5.41, 5.74) is -0.685. The van der Waals surface area contributed by atoms with E-state index in [2.05, 4.69) is 21.3 Å². The van der Waals surface area contributed by atoms with Gasteiger partial charge >= 0.3 is 0 Å². The lowest BCUT2D eigenvalue weighted by Gasteiger charge is -2.54. The molecular weight excluding hydrogens is 598 g/mol. The molecule has 5 fully saturated rings. The van der Waals surface area contributed by atoms with Crippen LogP contribution >= 0.6 is 0 Å². The fourth-order valence-electron chi connectivity index (χ4n) is 8.61. The van der Waals surface area contributed by atoms with Crippen LogP contribution in [0.2, 0.25) is 0 Å². The van der Waals surface area contributed by atoms with Gasteiger partial charge in [-0.05, 0) is 94.3 Å². The van der Waals surface area contributed by atoms with Gasteiger partial charge in [-0.25, -0.2) is 0 Å². The molecule has 5 aliphatic rings. The Morgan fingerprint density at radius 1 is 0.872 bits per heavy atom. The third-order valence-corrected chi connectivity index (χ3v) is 11.9. The van der Waals surface area contributed by atoms with Crippen LogP contribution in [0, 0.1) is 35.0 Å². The summed E-state index contributed by atoms with van der Waals surface area (Å²) in [6, 6.07) is -2.88. The predicted octanol–water partition coefficient (Wildman–Crippen LogP) is 3.00. The van der Waals surface area contributed by atoms with Crippen LogP contribution in [0.4, 0.5) is 0 Å². The highest BCUT2D eigenvalue weighted by Gasteiger charge is 2.49. The van der Waals surface area contributed by atoms with Crippen molar-refractivity contribution in [3.8, 4) is 0 Å². The number of nitrogens with zero attached hydrogens (tertiary/aromatic N) is 1. The number of nitrogens with one attached hydrogen (secondary N) is 4. The van der Waals surface area contributed by atoms with Gasteiger partial charge in [0.15, 0.2) is 0 Å². The smallest absolute Gasteiger partial charge is 0.289 e. The molecule has 1 aliphatic heterocycles. The Morgan fingerprint density at radius 2 is 1.55 bits per heavy atom. The molecule has 5 rings (SSSR count). The number of likely N-dealkylation sites (N-methyl/N-ethyl adjacent to an activating group) is 1. The summed E-state index contributed by atoms with van der Waals surface area (Å²) in [6.07, 6.45) is 12.4. The van der Waals surface area contributed by atoms with Crippen molar-refractivity contribution >= 4 is 35.3 Å². The predicted molar refractivity (Wildman–Crippen MR) is 177 cm³/mol. The lowest BCUT2D eigenvalue weighted by atomic mass is 9.52. The first-order valence-corrected chi connectivity index (χ1v) is 18.3. The highest BCUT2D eigenvalue weighted by atomic mass is 16.2. The molecule has 0 radical (unpaired) electrons. The first-order valence-electron chi connectivity index (χ1n) is 18.3. The van der Waals surface area contributed by atoms with Crippen LogP contribution in [0.3, 0.4) is 0 Å². The number of rotatable bonds is 13. The Balaban J connectivity index is 1.37. The van der Waals surface area contributed by atoms with Crippen molar-refractivity contribution in [2.24, 2.45) is 35.0 Å². The monoisotopic (exact) mass is 655 g/mol. The van der Waals surface area contributed by atoms with Crippen LogP contribution in [-0.4, -0.2) is 78.0 Å². The Bertz CT molecular complexity index is 1200.